The molecule has 7 nitrogen and oxygen atoms in total. The van der Waals surface area contributed by atoms with E-state index in [0.29, 0.717) is 24.4 Å². The van der Waals surface area contributed by atoms with Crippen molar-refractivity contribution in [3.8, 4) is 0 Å². The van der Waals surface area contributed by atoms with Crippen LogP contribution < -0.4 is 10.6 Å². The highest BCUT2D eigenvalue weighted by atomic mass is 16.1. The fourth-order valence-corrected chi connectivity index (χ4v) is 2.86. The lowest BCUT2D eigenvalue weighted by atomic mass is 10.1. The fourth-order valence-electron chi connectivity index (χ4n) is 2.86. The van der Waals surface area contributed by atoms with Gasteiger partial charge in [-0.15, -0.1) is 0 Å². The summed E-state index contributed by atoms with van der Waals surface area (Å²) in [6.07, 6.45) is 1.47. The molecule has 0 fully saturated rings. The molecule has 2 N–H and O–H groups in total. The van der Waals surface area contributed by atoms with E-state index in [1.54, 1.807) is 4.52 Å². The molecule has 0 bridgehead atoms. The molecule has 0 saturated carbocycles. The molecule has 0 saturated heterocycles. The predicted octanol–water partition coefficient (Wildman–Crippen LogP) is 2.43. The topological polar surface area (TPSA) is 84.2 Å². The number of hydrogen-bond donors (Lipinski definition) is 2. The number of carbonyl (C=O) groups excluding carboxylic acids is 1. The zero-order chi connectivity index (χ0) is 17.9. The molecule has 4 aromatic rings. The van der Waals surface area contributed by atoms with Gasteiger partial charge in [-0.1, -0.05) is 30.3 Å². The van der Waals surface area contributed by atoms with E-state index in [0.717, 1.165) is 22.3 Å². The number of rotatable bonds is 5. The first kappa shape index (κ1) is 16.0. The van der Waals surface area contributed by atoms with Crippen LogP contribution in [0.1, 0.15) is 16.1 Å². The lowest BCUT2D eigenvalue weighted by Crippen LogP contribution is -2.29. The summed E-state index contributed by atoms with van der Waals surface area (Å²) in [6.45, 7) is 2.96. The van der Waals surface area contributed by atoms with Crippen LogP contribution in [0.5, 0.6) is 0 Å². The van der Waals surface area contributed by atoms with Gasteiger partial charge in [-0.2, -0.15) is 14.6 Å². The molecular formula is C19H18N6O. The number of carbonyl (C=O) groups is 1. The molecule has 0 atom stereocenters. The van der Waals surface area contributed by atoms with Gasteiger partial charge in [-0.25, -0.2) is 4.98 Å². The van der Waals surface area contributed by atoms with Gasteiger partial charge in [-0.3, -0.25) is 4.79 Å². The Hall–Kier alpha value is -3.48. The Labute approximate surface area is 150 Å². The third-order valence-corrected chi connectivity index (χ3v) is 4.11. The van der Waals surface area contributed by atoms with E-state index < -0.39 is 0 Å². The summed E-state index contributed by atoms with van der Waals surface area (Å²) in [6, 6.07) is 15.6. The molecule has 0 aliphatic rings. The van der Waals surface area contributed by atoms with Gasteiger partial charge < -0.3 is 10.6 Å². The van der Waals surface area contributed by atoms with Crippen LogP contribution in [0.25, 0.3) is 16.6 Å². The first-order valence-corrected chi connectivity index (χ1v) is 8.39. The largest absolute Gasteiger partial charge is 0.368 e. The number of anilines is 1. The molecule has 0 aliphatic carbocycles. The molecular weight excluding hydrogens is 328 g/mol. The standard InChI is InChI=1S/C19H18N6O/c1-13-10-17(25-19(24-13)22-12-23-25)20-8-9-21-18(26)16-7-6-14-4-2-3-5-15(14)11-16/h2-7,10-12,20H,8-9H2,1H3,(H,21,26). The molecule has 2 aromatic heterocycles. The molecule has 2 aromatic carbocycles. The summed E-state index contributed by atoms with van der Waals surface area (Å²) >= 11 is 0. The van der Waals surface area contributed by atoms with Crippen LogP contribution >= 0.6 is 0 Å². The Morgan fingerprint density at radius 1 is 1.08 bits per heavy atom. The van der Waals surface area contributed by atoms with Crippen LogP contribution in [0.4, 0.5) is 5.82 Å². The van der Waals surface area contributed by atoms with Crippen molar-refractivity contribution in [1.82, 2.24) is 24.9 Å². The Morgan fingerprint density at radius 3 is 2.81 bits per heavy atom. The SMILES string of the molecule is Cc1cc(NCCNC(=O)c2ccc3ccccc3c2)n2ncnc2n1. The molecule has 26 heavy (non-hydrogen) atoms. The quantitative estimate of drug-likeness (QED) is 0.542. The first-order chi connectivity index (χ1) is 12.7. The lowest BCUT2D eigenvalue weighted by molar-refractivity contribution is 0.0955. The number of aromatic nitrogens is 4. The van der Waals surface area contributed by atoms with Crippen LogP contribution in [-0.2, 0) is 0 Å². The maximum absolute atomic E-state index is 12.3. The second-order valence-corrected chi connectivity index (χ2v) is 6.00. The van der Waals surface area contributed by atoms with Gasteiger partial charge in [0.2, 0.25) is 0 Å². The van der Waals surface area contributed by atoms with E-state index in [1.165, 1.54) is 6.33 Å². The Balaban J connectivity index is 1.37. The smallest absolute Gasteiger partial charge is 0.254 e. The minimum atomic E-state index is -0.0886. The fraction of sp³-hybridized carbons (Fsp3) is 0.158. The molecule has 0 spiro atoms. The molecule has 0 radical (unpaired) electrons. The van der Waals surface area contributed by atoms with Gasteiger partial charge in [0.1, 0.15) is 12.1 Å². The minimum Gasteiger partial charge on any atom is -0.368 e. The van der Waals surface area contributed by atoms with E-state index in [4.69, 9.17) is 0 Å². The van der Waals surface area contributed by atoms with Crippen LogP contribution in [0.3, 0.4) is 0 Å². The number of amides is 1. The second-order valence-electron chi connectivity index (χ2n) is 6.00. The molecule has 1 amide bonds. The third-order valence-electron chi connectivity index (χ3n) is 4.11. The van der Waals surface area contributed by atoms with Crippen LogP contribution in [0.15, 0.2) is 54.9 Å². The van der Waals surface area contributed by atoms with Crippen LogP contribution in [0.2, 0.25) is 0 Å². The van der Waals surface area contributed by atoms with Crippen molar-refractivity contribution in [3.05, 3.63) is 66.1 Å². The number of fused-ring (bicyclic) bond motifs is 2. The number of hydrogen-bond acceptors (Lipinski definition) is 5. The highest BCUT2D eigenvalue weighted by molar-refractivity contribution is 5.98. The molecule has 4 rings (SSSR count). The van der Waals surface area contributed by atoms with E-state index >= 15 is 0 Å². The molecule has 0 unspecified atom stereocenters. The summed E-state index contributed by atoms with van der Waals surface area (Å²) in [5.41, 5.74) is 1.51. The lowest BCUT2D eigenvalue weighted by Gasteiger charge is -2.10. The Bertz CT molecular complexity index is 1090. The average Bonchev–Trinajstić information content (AvgIpc) is 3.13. The maximum Gasteiger partial charge on any atom is 0.254 e. The van der Waals surface area contributed by atoms with Crippen LogP contribution in [0, 0.1) is 6.92 Å². The zero-order valence-electron chi connectivity index (χ0n) is 14.3. The summed E-state index contributed by atoms with van der Waals surface area (Å²) in [5.74, 6) is 1.26. The minimum absolute atomic E-state index is 0.0886. The molecule has 7 heteroatoms. The summed E-state index contributed by atoms with van der Waals surface area (Å²) in [4.78, 5) is 20.7. The Kier molecular flexibility index (Phi) is 4.18. The average molecular weight is 346 g/mol. The number of nitrogens with zero attached hydrogens (tertiary/aromatic N) is 4. The molecule has 130 valence electrons. The highest BCUT2D eigenvalue weighted by Gasteiger charge is 2.07. The van der Waals surface area contributed by atoms with E-state index in [2.05, 4.69) is 25.7 Å². The monoisotopic (exact) mass is 346 g/mol. The van der Waals surface area contributed by atoms with Crippen molar-refractivity contribution in [2.45, 2.75) is 6.92 Å². The van der Waals surface area contributed by atoms with Crippen LogP contribution in [-0.4, -0.2) is 38.6 Å². The first-order valence-electron chi connectivity index (χ1n) is 8.39. The van der Waals surface area contributed by atoms with Gasteiger partial charge in [0.25, 0.3) is 11.7 Å². The van der Waals surface area contributed by atoms with Crippen molar-refractivity contribution in [1.29, 1.82) is 0 Å². The second kappa shape index (κ2) is 6.79. The summed E-state index contributed by atoms with van der Waals surface area (Å²) in [7, 11) is 0. The number of benzene rings is 2. The van der Waals surface area contributed by atoms with Gasteiger partial charge in [0.15, 0.2) is 0 Å². The normalized spacial score (nSPS) is 11.0. The van der Waals surface area contributed by atoms with Gasteiger partial charge in [0.05, 0.1) is 0 Å². The van der Waals surface area contributed by atoms with Crippen molar-refractivity contribution >= 4 is 28.3 Å². The Morgan fingerprint density at radius 2 is 1.92 bits per heavy atom. The van der Waals surface area contributed by atoms with Crippen molar-refractivity contribution in [3.63, 3.8) is 0 Å². The highest BCUT2D eigenvalue weighted by Crippen LogP contribution is 2.15. The van der Waals surface area contributed by atoms with Crippen molar-refractivity contribution < 1.29 is 4.79 Å². The van der Waals surface area contributed by atoms with E-state index in [9.17, 15) is 4.79 Å². The molecule has 0 aliphatic heterocycles. The number of nitrogens with one attached hydrogen (secondary N) is 2. The van der Waals surface area contributed by atoms with Gasteiger partial charge in [-0.05, 0) is 29.8 Å². The predicted molar refractivity (Wildman–Crippen MR) is 100 cm³/mol. The molecule has 2 heterocycles. The third kappa shape index (κ3) is 3.19. The van der Waals surface area contributed by atoms with Gasteiger partial charge >= 0.3 is 0 Å². The van der Waals surface area contributed by atoms with Gasteiger partial charge in [0, 0.05) is 30.4 Å². The van der Waals surface area contributed by atoms with Crippen molar-refractivity contribution in [2.75, 3.05) is 18.4 Å². The number of aryl methyl sites for hydroxylation is 1. The zero-order valence-corrected chi connectivity index (χ0v) is 14.3. The van der Waals surface area contributed by atoms with E-state index in [1.807, 2.05) is 55.5 Å². The maximum atomic E-state index is 12.3. The summed E-state index contributed by atoms with van der Waals surface area (Å²) in [5, 5.41) is 12.5. The van der Waals surface area contributed by atoms with Crippen molar-refractivity contribution in [2.24, 2.45) is 0 Å². The summed E-state index contributed by atoms with van der Waals surface area (Å²) < 4.78 is 1.64. The van der Waals surface area contributed by atoms with E-state index in [-0.39, 0.29) is 5.91 Å².